The Kier molecular flexibility index (Phi) is 2.85. The lowest BCUT2D eigenvalue weighted by Crippen LogP contribution is -2.21. The van der Waals surface area contributed by atoms with E-state index in [0.717, 1.165) is 29.3 Å². The molecule has 18 heavy (non-hydrogen) atoms. The minimum absolute atomic E-state index is 0.0851. The molecule has 0 spiro atoms. The van der Waals surface area contributed by atoms with Gasteiger partial charge in [-0.25, -0.2) is 4.98 Å². The molecule has 2 heterocycles. The summed E-state index contributed by atoms with van der Waals surface area (Å²) in [5, 5.41) is 18.1. The number of nitro benzene ring substituents is 1. The second-order valence-corrected chi connectivity index (χ2v) is 5.29. The zero-order chi connectivity index (χ0) is 12.5. The molecule has 1 fully saturated rings. The van der Waals surface area contributed by atoms with Crippen molar-refractivity contribution in [3.8, 4) is 0 Å². The summed E-state index contributed by atoms with van der Waals surface area (Å²) in [5.41, 5.74) is 0.768. The molecule has 1 aliphatic rings. The first-order chi connectivity index (χ1) is 8.72. The Labute approximate surface area is 107 Å². The largest absolute Gasteiger partial charge is 0.357 e. The summed E-state index contributed by atoms with van der Waals surface area (Å²) in [6.45, 7) is 1.96. The number of thiazole rings is 1. The van der Waals surface area contributed by atoms with Crippen molar-refractivity contribution in [3.05, 3.63) is 28.3 Å². The summed E-state index contributed by atoms with van der Waals surface area (Å²) in [6.07, 6.45) is 1.08. The van der Waals surface area contributed by atoms with E-state index in [1.807, 2.05) is 0 Å². The summed E-state index contributed by atoms with van der Waals surface area (Å²) in [4.78, 5) is 14.7. The molecule has 7 heteroatoms. The predicted octanol–water partition coefficient (Wildman–Crippen LogP) is 1.98. The van der Waals surface area contributed by atoms with Crippen LogP contribution in [0.1, 0.15) is 6.42 Å². The maximum Gasteiger partial charge on any atom is 0.271 e. The number of fused-ring (bicyclic) bond motifs is 1. The Bertz CT molecular complexity index is 592. The van der Waals surface area contributed by atoms with E-state index < -0.39 is 4.92 Å². The van der Waals surface area contributed by atoms with Gasteiger partial charge in [0, 0.05) is 24.7 Å². The molecule has 1 aromatic heterocycles. The fraction of sp³-hybridized carbons (Fsp3) is 0.364. The molecule has 0 amide bonds. The molecule has 94 valence electrons. The quantitative estimate of drug-likeness (QED) is 0.654. The van der Waals surface area contributed by atoms with Gasteiger partial charge in [0.2, 0.25) is 0 Å². The fourth-order valence-electron chi connectivity index (χ4n) is 2.04. The first-order valence-corrected chi connectivity index (χ1v) is 6.56. The van der Waals surface area contributed by atoms with E-state index >= 15 is 0 Å². The average molecular weight is 264 g/mol. The van der Waals surface area contributed by atoms with Gasteiger partial charge in [-0.15, -0.1) is 0 Å². The van der Waals surface area contributed by atoms with Crippen molar-refractivity contribution in [2.24, 2.45) is 0 Å². The van der Waals surface area contributed by atoms with E-state index in [0.29, 0.717) is 11.6 Å². The Morgan fingerprint density at radius 1 is 1.56 bits per heavy atom. The van der Waals surface area contributed by atoms with Gasteiger partial charge in [0.1, 0.15) is 0 Å². The van der Waals surface area contributed by atoms with Gasteiger partial charge in [-0.05, 0) is 19.0 Å². The third-order valence-corrected chi connectivity index (χ3v) is 3.94. The second-order valence-electron chi connectivity index (χ2n) is 4.26. The monoisotopic (exact) mass is 264 g/mol. The zero-order valence-electron chi connectivity index (χ0n) is 9.55. The zero-order valence-corrected chi connectivity index (χ0v) is 10.4. The summed E-state index contributed by atoms with van der Waals surface area (Å²) in [6, 6.07) is 5.19. The molecule has 1 saturated heterocycles. The topological polar surface area (TPSA) is 80.1 Å². The number of anilines is 1. The molecule has 1 aliphatic heterocycles. The fourth-order valence-corrected chi connectivity index (χ4v) is 2.97. The van der Waals surface area contributed by atoms with Crippen LogP contribution in [0.25, 0.3) is 10.2 Å². The average Bonchev–Trinajstić information content (AvgIpc) is 2.96. The Morgan fingerprint density at radius 3 is 3.17 bits per heavy atom. The van der Waals surface area contributed by atoms with Gasteiger partial charge in [0.25, 0.3) is 5.69 Å². The van der Waals surface area contributed by atoms with Gasteiger partial charge in [0.15, 0.2) is 5.13 Å². The maximum atomic E-state index is 10.7. The van der Waals surface area contributed by atoms with Crippen LogP contribution < -0.4 is 10.6 Å². The van der Waals surface area contributed by atoms with Crippen molar-refractivity contribution in [1.29, 1.82) is 0 Å². The minimum atomic E-state index is -0.396. The number of hydrogen-bond donors (Lipinski definition) is 2. The number of nitro groups is 1. The second kappa shape index (κ2) is 4.51. The van der Waals surface area contributed by atoms with E-state index in [2.05, 4.69) is 15.6 Å². The van der Waals surface area contributed by atoms with Gasteiger partial charge in [-0.1, -0.05) is 11.3 Å². The van der Waals surface area contributed by atoms with E-state index in [-0.39, 0.29) is 5.69 Å². The van der Waals surface area contributed by atoms with Crippen LogP contribution in [0.15, 0.2) is 18.2 Å². The molecular weight excluding hydrogens is 252 g/mol. The molecule has 0 bridgehead atoms. The van der Waals surface area contributed by atoms with Crippen LogP contribution in [-0.4, -0.2) is 29.0 Å². The van der Waals surface area contributed by atoms with Crippen molar-refractivity contribution in [1.82, 2.24) is 10.3 Å². The van der Waals surface area contributed by atoms with Crippen LogP contribution in [-0.2, 0) is 0 Å². The van der Waals surface area contributed by atoms with Crippen LogP contribution in [0.3, 0.4) is 0 Å². The van der Waals surface area contributed by atoms with E-state index in [1.165, 1.54) is 23.5 Å². The number of nitrogens with zero attached hydrogens (tertiary/aromatic N) is 2. The third-order valence-electron chi connectivity index (χ3n) is 2.97. The molecule has 1 aromatic carbocycles. The highest BCUT2D eigenvalue weighted by molar-refractivity contribution is 7.22. The van der Waals surface area contributed by atoms with E-state index in [1.54, 1.807) is 6.07 Å². The number of hydrogen-bond acceptors (Lipinski definition) is 6. The molecule has 1 unspecified atom stereocenters. The third kappa shape index (κ3) is 2.14. The number of rotatable bonds is 3. The Hall–Kier alpha value is -1.73. The van der Waals surface area contributed by atoms with E-state index in [4.69, 9.17) is 0 Å². The van der Waals surface area contributed by atoms with Crippen molar-refractivity contribution < 1.29 is 4.92 Å². The molecular formula is C11H12N4O2S. The van der Waals surface area contributed by atoms with Gasteiger partial charge < -0.3 is 10.6 Å². The smallest absolute Gasteiger partial charge is 0.271 e. The standard InChI is InChI=1S/C11H12N4O2S/c16-15(17)8-1-2-10-9(5-8)14-11(18-10)13-7-3-4-12-6-7/h1-2,5,7,12H,3-4,6H2,(H,13,14). The lowest BCUT2D eigenvalue weighted by Gasteiger charge is -2.08. The van der Waals surface area contributed by atoms with Crippen molar-refractivity contribution in [2.75, 3.05) is 18.4 Å². The van der Waals surface area contributed by atoms with Crippen LogP contribution in [0.4, 0.5) is 10.8 Å². The lowest BCUT2D eigenvalue weighted by atomic mass is 10.3. The SMILES string of the molecule is O=[N+]([O-])c1ccc2sc(NC3CCNC3)nc2c1. The number of nitrogens with one attached hydrogen (secondary N) is 2. The molecule has 0 aliphatic carbocycles. The number of benzene rings is 1. The summed E-state index contributed by atoms with van der Waals surface area (Å²) in [7, 11) is 0. The van der Waals surface area contributed by atoms with Crippen LogP contribution in [0.2, 0.25) is 0 Å². The van der Waals surface area contributed by atoms with Gasteiger partial charge in [-0.3, -0.25) is 10.1 Å². The number of aromatic nitrogens is 1. The maximum absolute atomic E-state index is 10.7. The molecule has 2 aromatic rings. The van der Waals surface area contributed by atoms with Gasteiger partial charge in [-0.2, -0.15) is 0 Å². The summed E-state index contributed by atoms with van der Waals surface area (Å²) >= 11 is 1.53. The van der Waals surface area contributed by atoms with Gasteiger partial charge in [0.05, 0.1) is 15.1 Å². The van der Waals surface area contributed by atoms with Crippen LogP contribution >= 0.6 is 11.3 Å². The molecule has 6 nitrogen and oxygen atoms in total. The van der Waals surface area contributed by atoms with Gasteiger partial charge >= 0.3 is 0 Å². The van der Waals surface area contributed by atoms with Crippen molar-refractivity contribution >= 4 is 32.4 Å². The summed E-state index contributed by atoms with van der Waals surface area (Å²) in [5.74, 6) is 0. The van der Waals surface area contributed by atoms with Crippen molar-refractivity contribution in [3.63, 3.8) is 0 Å². The predicted molar refractivity (Wildman–Crippen MR) is 71.2 cm³/mol. The Morgan fingerprint density at radius 2 is 2.44 bits per heavy atom. The van der Waals surface area contributed by atoms with Crippen LogP contribution in [0.5, 0.6) is 0 Å². The molecule has 1 atom stereocenters. The molecule has 2 N–H and O–H groups in total. The highest BCUT2D eigenvalue weighted by Gasteiger charge is 2.16. The van der Waals surface area contributed by atoms with Crippen molar-refractivity contribution in [2.45, 2.75) is 12.5 Å². The number of non-ortho nitro benzene ring substituents is 1. The molecule has 0 saturated carbocycles. The first kappa shape index (κ1) is 11.4. The first-order valence-electron chi connectivity index (χ1n) is 5.74. The molecule has 0 radical (unpaired) electrons. The minimum Gasteiger partial charge on any atom is -0.357 e. The van der Waals surface area contributed by atoms with Crippen LogP contribution in [0, 0.1) is 10.1 Å². The highest BCUT2D eigenvalue weighted by Crippen LogP contribution is 2.29. The summed E-state index contributed by atoms with van der Waals surface area (Å²) < 4.78 is 0.967. The van der Waals surface area contributed by atoms with E-state index in [9.17, 15) is 10.1 Å². The normalized spacial score (nSPS) is 19.2. The lowest BCUT2D eigenvalue weighted by molar-refractivity contribution is -0.384. The Balaban J connectivity index is 1.87. The molecule has 3 rings (SSSR count). The highest BCUT2D eigenvalue weighted by atomic mass is 32.1.